The van der Waals surface area contributed by atoms with Crippen molar-refractivity contribution in [1.29, 1.82) is 0 Å². The molecule has 0 radical (unpaired) electrons. The molecule has 7 heteroatoms. The molecule has 0 aromatic heterocycles. The molecule has 0 bridgehead atoms. The van der Waals surface area contributed by atoms with Crippen molar-refractivity contribution in [2.24, 2.45) is 0 Å². The Morgan fingerprint density at radius 2 is 1.76 bits per heavy atom. The van der Waals surface area contributed by atoms with Crippen LogP contribution in [0, 0.1) is 19.7 Å². The van der Waals surface area contributed by atoms with Crippen molar-refractivity contribution in [3.8, 4) is 0 Å². The molecular weight excluding hydrogens is 343 g/mol. The summed E-state index contributed by atoms with van der Waals surface area (Å²) in [6.07, 6.45) is 0.275. The van der Waals surface area contributed by atoms with Crippen LogP contribution in [0.2, 0.25) is 0 Å². The fraction of sp³-hybridized carbons (Fsp3) is 0.278. The molecule has 5 nitrogen and oxygen atoms in total. The first kappa shape index (κ1) is 19.1. The maximum absolute atomic E-state index is 13.0. The van der Waals surface area contributed by atoms with Crippen molar-refractivity contribution in [2.45, 2.75) is 38.1 Å². The van der Waals surface area contributed by atoms with Crippen molar-refractivity contribution >= 4 is 21.6 Å². The van der Waals surface area contributed by atoms with Gasteiger partial charge in [-0.25, -0.2) is 12.8 Å². The summed E-state index contributed by atoms with van der Waals surface area (Å²) in [6.45, 7) is 5.52. The number of nitrogens with one attached hydrogen (secondary N) is 2. The van der Waals surface area contributed by atoms with Gasteiger partial charge in [0.1, 0.15) is 11.9 Å². The molecule has 1 amide bonds. The maximum atomic E-state index is 13.0. The van der Waals surface area contributed by atoms with Gasteiger partial charge in [0.05, 0.1) is 4.90 Å². The molecule has 0 aliphatic rings. The van der Waals surface area contributed by atoms with E-state index < -0.39 is 27.8 Å². The van der Waals surface area contributed by atoms with Crippen LogP contribution in [0.25, 0.3) is 0 Å². The Bertz CT molecular complexity index is 864. The van der Waals surface area contributed by atoms with Gasteiger partial charge in [0, 0.05) is 5.69 Å². The molecule has 0 aliphatic carbocycles. The van der Waals surface area contributed by atoms with Gasteiger partial charge in [-0.15, -0.1) is 0 Å². The van der Waals surface area contributed by atoms with Gasteiger partial charge in [-0.2, -0.15) is 4.72 Å². The summed E-state index contributed by atoms with van der Waals surface area (Å²) in [5, 5.41) is 2.75. The van der Waals surface area contributed by atoms with Gasteiger partial charge in [0.25, 0.3) is 0 Å². The highest BCUT2D eigenvalue weighted by molar-refractivity contribution is 7.89. The van der Waals surface area contributed by atoms with E-state index in [1.807, 2.05) is 26.0 Å². The largest absolute Gasteiger partial charge is 0.324 e. The standard InChI is InChI=1S/C18H21FN2O3S/c1-4-16(18(22)20-17-10-5-12(2)11-13(17)3)21-25(23,24)15-8-6-14(19)7-9-15/h5-11,16,21H,4H2,1-3H3,(H,20,22). The van der Waals surface area contributed by atoms with Crippen LogP contribution in [-0.2, 0) is 14.8 Å². The third-order valence-corrected chi connectivity index (χ3v) is 5.27. The van der Waals surface area contributed by atoms with Crippen molar-refractivity contribution in [3.63, 3.8) is 0 Å². The number of rotatable bonds is 6. The van der Waals surface area contributed by atoms with E-state index in [0.717, 1.165) is 35.4 Å². The molecule has 2 aromatic rings. The first-order valence-electron chi connectivity index (χ1n) is 7.89. The summed E-state index contributed by atoms with van der Waals surface area (Å²) in [5.74, 6) is -0.973. The first-order chi connectivity index (χ1) is 11.7. The summed E-state index contributed by atoms with van der Waals surface area (Å²) in [7, 11) is -3.92. The third-order valence-electron chi connectivity index (χ3n) is 3.79. The van der Waals surface area contributed by atoms with Crippen LogP contribution < -0.4 is 10.0 Å². The molecule has 2 rings (SSSR count). The van der Waals surface area contributed by atoms with Crippen LogP contribution >= 0.6 is 0 Å². The average molecular weight is 364 g/mol. The van der Waals surface area contributed by atoms with Crippen LogP contribution in [0.5, 0.6) is 0 Å². The molecule has 0 spiro atoms. The minimum Gasteiger partial charge on any atom is -0.324 e. The Hall–Kier alpha value is -2.25. The molecule has 134 valence electrons. The quantitative estimate of drug-likeness (QED) is 0.827. The molecule has 2 N–H and O–H groups in total. The second-order valence-corrected chi connectivity index (χ2v) is 7.56. The van der Waals surface area contributed by atoms with E-state index >= 15 is 0 Å². The van der Waals surface area contributed by atoms with Crippen LogP contribution in [-0.4, -0.2) is 20.4 Å². The van der Waals surface area contributed by atoms with E-state index in [1.165, 1.54) is 0 Å². The highest BCUT2D eigenvalue weighted by atomic mass is 32.2. The monoisotopic (exact) mass is 364 g/mol. The van der Waals surface area contributed by atoms with Gasteiger partial charge in [-0.05, 0) is 56.2 Å². The normalized spacial score (nSPS) is 12.6. The topological polar surface area (TPSA) is 75.3 Å². The lowest BCUT2D eigenvalue weighted by Gasteiger charge is -2.18. The summed E-state index contributed by atoms with van der Waals surface area (Å²) in [4.78, 5) is 12.4. The smallest absolute Gasteiger partial charge is 0.242 e. The van der Waals surface area contributed by atoms with Crippen LogP contribution in [0.4, 0.5) is 10.1 Å². The molecule has 0 aliphatic heterocycles. The number of benzene rings is 2. The van der Waals surface area contributed by atoms with Crippen LogP contribution in [0.3, 0.4) is 0 Å². The molecule has 1 atom stereocenters. The molecule has 0 fully saturated rings. The number of halogens is 1. The average Bonchev–Trinajstić information content (AvgIpc) is 2.55. The molecule has 0 saturated carbocycles. The molecule has 0 saturated heterocycles. The Kier molecular flexibility index (Phi) is 5.92. The van der Waals surface area contributed by atoms with Crippen molar-refractivity contribution in [2.75, 3.05) is 5.32 Å². The van der Waals surface area contributed by atoms with Gasteiger partial charge < -0.3 is 5.32 Å². The Labute approximate surface area is 147 Å². The highest BCUT2D eigenvalue weighted by Gasteiger charge is 2.24. The predicted molar refractivity (Wildman–Crippen MR) is 95.3 cm³/mol. The predicted octanol–water partition coefficient (Wildman–Crippen LogP) is 3.14. The van der Waals surface area contributed by atoms with Gasteiger partial charge in [-0.1, -0.05) is 24.6 Å². The summed E-state index contributed by atoms with van der Waals surface area (Å²) in [6, 6.07) is 9.08. The Balaban J connectivity index is 2.15. The molecule has 0 heterocycles. The van der Waals surface area contributed by atoms with E-state index in [1.54, 1.807) is 13.0 Å². The number of carbonyl (C=O) groups is 1. The minimum absolute atomic E-state index is 0.0910. The number of hydrogen-bond donors (Lipinski definition) is 2. The van der Waals surface area contributed by atoms with Gasteiger partial charge >= 0.3 is 0 Å². The van der Waals surface area contributed by atoms with E-state index in [4.69, 9.17) is 0 Å². The zero-order valence-corrected chi connectivity index (χ0v) is 15.2. The lowest BCUT2D eigenvalue weighted by Crippen LogP contribution is -2.43. The minimum atomic E-state index is -3.92. The van der Waals surface area contributed by atoms with Crippen LogP contribution in [0.15, 0.2) is 47.4 Å². The lowest BCUT2D eigenvalue weighted by molar-refractivity contribution is -0.117. The Morgan fingerprint density at radius 3 is 2.32 bits per heavy atom. The number of carbonyl (C=O) groups excluding carboxylic acids is 1. The van der Waals surface area contributed by atoms with Gasteiger partial charge in [0.2, 0.25) is 15.9 Å². The number of hydrogen-bond acceptors (Lipinski definition) is 3. The van der Waals surface area contributed by atoms with Gasteiger partial charge in [0.15, 0.2) is 0 Å². The molecule has 25 heavy (non-hydrogen) atoms. The SMILES string of the molecule is CCC(NS(=O)(=O)c1ccc(F)cc1)C(=O)Nc1ccc(C)cc1C. The zero-order chi connectivity index (χ0) is 18.6. The second kappa shape index (κ2) is 7.76. The summed E-state index contributed by atoms with van der Waals surface area (Å²) in [5.41, 5.74) is 2.60. The van der Waals surface area contributed by atoms with E-state index in [-0.39, 0.29) is 11.3 Å². The fourth-order valence-corrected chi connectivity index (χ4v) is 3.64. The number of aryl methyl sites for hydroxylation is 2. The maximum Gasteiger partial charge on any atom is 0.242 e. The van der Waals surface area contributed by atoms with Crippen LogP contribution in [0.1, 0.15) is 24.5 Å². The van der Waals surface area contributed by atoms with Crippen molar-refractivity contribution in [3.05, 3.63) is 59.4 Å². The van der Waals surface area contributed by atoms with Crippen molar-refractivity contribution < 1.29 is 17.6 Å². The van der Waals surface area contributed by atoms with E-state index in [2.05, 4.69) is 10.0 Å². The van der Waals surface area contributed by atoms with Crippen molar-refractivity contribution in [1.82, 2.24) is 4.72 Å². The summed E-state index contributed by atoms with van der Waals surface area (Å²) < 4.78 is 40.1. The highest BCUT2D eigenvalue weighted by Crippen LogP contribution is 2.17. The zero-order valence-electron chi connectivity index (χ0n) is 14.3. The number of sulfonamides is 1. The molecule has 2 aromatic carbocycles. The lowest BCUT2D eigenvalue weighted by atomic mass is 10.1. The fourth-order valence-electron chi connectivity index (χ4n) is 2.37. The number of anilines is 1. The first-order valence-corrected chi connectivity index (χ1v) is 9.37. The molecular formula is C18H21FN2O3S. The van der Waals surface area contributed by atoms with Gasteiger partial charge in [-0.3, -0.25) is 4.79 Å². The van der Waals surface area contributed by atoms with E-state index in [9.17, 15) is 17.6 Å². The van der Waals surface area contributed by atoms with E-state index in [0.29, 0.717) is 5.69 Å². The number of amides is 1. The second-order valence-electron chi connectivity index (χ2n) is 5.84. The molecule has 1 unspecified atom stereocenters. The third kappa shape index (κ3) is 4.87. The Morgan fingerprint density at radius 1 is 1.12 bits per heavy atom. The summed E-state index contributed by atoms with van der Waals surface area (Å²) >= 11 is 0.